The minimum absolute atomic E-state index is 0.137. The first-order chi connectivity index (χ1) is 21.7. The fraction of sp³-hybridized carbons (Fsp3) is 0.114. The molecule has 0 saturated carbocycles. The molecular weight excluding hydrogens is 601 g/mol. The van der Waals surface area contributed by atoms with Crippen molar-refractivity contribution in [2.24, 2.45) is 0 Å². The average Bonchev–Trinajstić information content (AvgIpc) is 3.48. The molecule has 6 nitrogen and oxygen atoms in total. The summed E-state index contributed by atoms with van der Waals surface area (Å²) in [5.41, 5.74) is 2.39. The van der Waals surface area contributed by atoms with Crippen LogP contribution in [0.1, 0.15) is 27.0 Å². The smallest absolute Gasteiger partial charge is 0.416 e. The number of hydrogen-bond donors (Lipinski definition) is 2. The molecule has 45 heavy (non-hydrogen) atoms. The summed E-state index contributed by atoms with van der Waals surface area (Å²) in [4.78, 5) is 30.2. The quantitative estimate of drug-likeness (QED) is 0.169. The van der Waals surface area contributed by atoms with E-state index >= 15 is 0 Å². The summed E-state index contributed by atoms with van der Waals surface area (Å²) in [6, 6.07) is 29.2. The van der Waals surface area contributed by atoms with E-state index in [0.29, 0.717) is 16.7 Å². The highest BCUT2D eigenvalue weighted by atomic mass is 32.1. The van der Waals surface area contributed by atoms with Crippen LogP contribution in [0.3, 0.4) is 0 Å². The van der Waals surface area contributed by atoms with E-state index in [4.69, 9.17) is 9.72 Å². The van der Waals surface area contributed by atoms with E-state index in [0.717, 1.165) is 43.9 Å². The summed E-state index contributed by atoms with van der Waals surface area (Å²) < 4.78 is 46.2. The van der Waals surface area contributed by atoms with Gasteiger partial charge in [-0.05, 0) is 46.8 Å². The lowest BCUT2D eigenvalue weighted by atomic mass is 10.0. The van der Waals surface area contributed by atoms with E-state index in [9.17, 15) is 27.9 Å². The number of amides is 1. The first-order valence-electron chi connectivity index (χ1n) is 13.9. The second-order valence-corrected chi connectivity index (χ2v) is 11.4. The summed E-state index contributed by atoms with van der Waals surface area (Å²) in [6.45, 7) is 0.141. The lowest BCUT2D eigenvalue weighted by Gasteiger charge is -2.18. The fourth-order valence-corrected chi connectivity index (χ4v) is 5.94. The number of hydrogen-bond acceptors (Lipinski definition) is 5. The Morgan fingerprint density at radius 3 is 2.24 bits per heavy atom. The van der Waals surface area contributed by atoms with Crippen LogP contribution in [-0.2, 0) is 24.0 Å². The number of rotatable bonds is 9. The maximum absolute atomic E-state index is 13.5. The van der Waals surface area contributed by atoms with Gasteiger partial charge in [0.1, 0.15) is 23.4 Å². The molecule has 0 aliphatic heterocycles. The van der Waals surface area contributed by atoms with Gasteiger partial charge in [-0.25, -0.2) is 9.78 Å². The van der Waals surface area contributed by atoms with Crippen LogP contribution in [0.15, 0.2) is 109 Å². The van der Waals surface area contributed by atoms with Gasteiger partial charge in [-0.1, -0.05) is 78.9 Å². The number of thiazole rings is 1. The minimum atomic E-state index is -4.51. The highest BCUT2D eigenvalue weighted by Crippen LogP contribution is 2.33. The Kier molecular flexibility index (Phi) is 8.23. The SMILES string of the molecule is O=C(N[C@@H](Cc1ccc(C(F)(F)F)cc1)C(=O)O)c1ccc2ccccc2c1OCc1ccc(-c2nc3ccccc3s2)cc1. The van der Waals surface area contributed by atoms with Crippen molar-refractivity contribution < 1.29 is 32.6 Å². The van der Waals surface area contributed by atoms with Gasteiger partial charge in [0.15, 0.2) is 0 Å². The van der Waals surface area contributed by atoms with Crippen LogP contribution in [0.4, 0.5) is 13.2 Å². The summed E-state index contributed by atoms with van der Waals surface area (Å²) >= 11 is 1.61. The number of alkyl halides is 3. The molecule has 0 saturated heterocycles. The molecule has 0 radical (unpaired) electrons. The number of benzene rings is 5. The molecule has 6 aromatic rings. The summed E-state index contributed by atoms with van der Waals surface area (Å²) in [5.74, 6) is -1.71. The van der Waals surface area contributed by atoms with Gasteiger partial charge < -0.3 is 15.2 Å². The Labute approximate surface area is 259 Å². The standard InChI is InChI=1S/C35H25F3N2O4S/c36-35(37,38)25-16-11-21(12-17-25)19-29(34(42)43)39-32(41)27-18-15-23-5-1-2-6-26(23)31(27)44-20-22-9-13-24(14-10-22)33-40-28-7-3-4-8-30(28)45-33/h1-18,29H,19-20H2,(H,39,41)(H,42,43)/t29-/m0/s1. The number of halogens is 3. The number of ether oxygens (including phenoxy) is 1. The molecule has 0 fully saturated rings. The molecule has 5 aromatic carbocycles. The van der Waals surface area contributed by atoms with Crippen LogP contribution in [0.2, 0.25) is 0 Å². The lowest BCUT2D eigenvalue weighted by Crippen LogP contribution is -2.42. The third-order valence-corrected chi connectivity index (χ3v) is 8.41. The highest BCUT2D eigenvalue weighted by molar-refractivity contribution is 7.21. The number of nitrogens with one attached hydrogen (secondary N) is 1. The van der Waals surface area contributed by atoms with Crippen molar-refractivity contribution in [1.82, 2.24) is 10.3 Å². The third kappa shape index (κ3) is 6.66. The van der Waals surface area contributed by atoms with Crippen LogP contribution >= 0.6 is 11.3 Å². The summed E-state index contributed by atoms with van der Waals surface area (Å²) in [5, 5.41) is 14.7. The van der Waals surface area contributed by atoms with E-state index < -0.39 is 29.7 Å². The van der Waals surface area contributed by atoms with Crippen molar-refractivity contribution in [3.05, 3.63) is 131 Å². The zero-order valence-corrected chi connectivity index (χ0v) is 24.4. The van der Waals surface area contributed by atoms with Gasteiger partial charge in [0.2, 0.25) is 0 Å². The number of carboxylic acids is 1. The average molecular weight is 627 g/mol. The molecule has 6 rings (SSSR count). The maximum atomic E-state index is 13.5. The number of nitrogens with zero attached hydrogens (tertiary/aromatic N) is 1. The molecule has 0 unspecified atom stereocenters. The van der Waals surface area contributed by atoms with Crippen molar-refractivity contribution in [1.29, 1.82) is 0 Å². The highest BCUT2D eigenvalue weighted by Gasteiger charge is 2.30. The van der Waals surface area contributed by atoms with Gasteiger partial charge in [-0.15, -0.1) is 11.3 Å². The number of carbonyl (C=O) groups is 2. The molecule has 1 heterocycles. The zero-order valence-electron chi connectivity index (χ0n) is 23.5. The number of para-hydroxylation sites is 1. The lowest BCUT2D eigenvalue weighted by molar-refractivity contribution is -0.139. The van der Waals surface area contributed by atoms with Crippen LogP contribution in [0.25, 0.3) is 31.6 Å². The summed E-state index contributed by atoms with van der Waals surface area (Å²) in [7, 11) is 0. The second-order valence-electron chi connectivity index (χ2n) is 10.4. The molecule has 2 N–H and O–H groups in total. The van der Waals surface area contributed by atoms with Gasteiger partial charge in [0, 0.05) is 17.4 Å². The van der Waals surface area contributed by atoms with Crippen molar-refractivity contribution in [3.63, 3.8) is 0 Å². The molecule has 226 valence electrons. The van der Waals surface area contributed by atoms with Crippen molar-refractivity contribution in [2.45, 2.75) is 25.2 Å². The van der Waals surface area contributed by atoms with Crippen LogP contribution in [0, 0.1) is 0 Å². The summed E-state index contributed by atoms with van der Waals surface area (Å²) in [6.07, 6.45) is -4.71. The van der Waals surface area contributed by atoms with E-state index in [1.54, 1.807) is 23.5 Å². The van der Waals surface area contributed by atoms with Gasteiger partial charge in [0.25, 0.3) is 5.91 Å². The molecule has 1 atom stereocenters. The van der Waals surface area contributed by atoms with Crippen molar-refractivity contribution in [3.8, 4) is 16.3 Å². The van der Waals surface area contributed by atoms with Crippen LogP contribution < -0.4 is 10.1 Å². The maximum Gasteiger partial charge on any atom is 0.416 e. The van der Waals surface area contributed by atoms with Crippen LogP contribution in [0.5, 0.6) is 5.75 Å². The van der Waals surface area contributed by atoms with Gasteiger partial charge in [0.05, 0.1) is 21.3 Å². The van der Waals surface area contributed by atoms with Gasteiger partial charge in [-0.2, -0.15) is 13.2 Å². The van der Waals surface area contributed by atoms with E-state index in [2.05, 4.69) is 5.32 Å². The number of aromatic nitrogens is 1. The first-order valence-corrected chi connectivity index (χ1v) is 14.8. The predicted molar refractivity (Wildman–Crippen MR) is 167 cm³/mol. The third-order valence-electron chi connectivity index (χ3n) is 7.33. The van der Waals surface area contributed by atoms with E-state index in [-0.39, 0.29) is 18.6 Å². The predicted octanol–water partition coefficient (Wildman–Crippen LogP) is 8.14. The van der Waals surface area contributed by atoms with Crippen molar-refractivity contribution in [2.75, 3.05) is 0 Å². The molecule has 0 aliphatic carbocycles. The minimum Gasteiger partial charge on any atom is -0.487 e. The van der Waals surface area contributed by atoms with E-state index in [1.807, 2.05) is 72.8 Å². The molecule has 0 aliphatic rings. The number of aliphatic carboxylic acids is 1. The normalized spacial score (nSPS) is 12.2. The first kappa shape index (κ1) is 29.8. The number of carboxylic acid groups (broad SMARTS) is 1. The largest absolute Gasteiger partial charge is 0.487 e. The Morgan fingerprint density at radius 1 is 0.844 bits per heavy atom. The van der Waals surface area contributed by atoms with Gasteiger partial charge in [-0.3, -0.25) is 4.79 Å². The fourth-order valence-electron chi connectivity index (χ4n) is 4.97. The topological polar surface area (TPSA) is 88.5 Å². The van der Waals surface area contributed by atoms with Crippen LogP contribution in [-0.4, -0.2) is 28.0 Å². The Morgan fingerprint density at radius 2 is 1.53 bits per heavy atom. The Balaban J connectivity index is 1.21. The molecule has 1 amide bonds. The number of carbonyl (C=O) groups excluding carboxylic acids is 1. The Hall–Kier alpha value is -5.22. The zero-order chi connectivity index (χ0) is 31.6. The van der Waals surface area contributed by atoms with Crippen molar-refractivity contribution >= 4 is 44.2 Å². The Bertz CT molecular complexity index is 1970. The van der Waals surface area contributed by atoms with E-state index in [1.165, 1.54) is 12.1 Å². The molecule has 0 bridgehead atoms. The van der Waals surface area contributed by atoms with Gasteiger partial charge >= 0.3 is 12.1 Å². The number of fused-ring (bicyclic) bond motifs is 2. The molecular formula is C35H25F3N2O4S. The second kappa shape index (κ2) is 12.4. The molecule has 0 spiro atoms. The molecule has 10 heteroatoms. The molecule has 1 aromatic heterocycles. The monoisotopic (exact) mass is 626 g/mol.